The summed E-state index contributed by atoms with van der Waals surface area (Å²) in [5, 5.41) is 17.5. The van der Waals surface area contributed by atoms with Gasteiger partial charge in [0.15, 0.2) is 0 Å². The molecule has 0 atom stereocenters. The lowest BCUT2D eigenvalue weighted by molar-refractivity contribution is 0.190. The van der Waals surface area contributed by atoms with E-state index in [4.69, 9.17) is 4.74 Å². The molecule has 1 aromatic heterocycles. The summed E-state index contributed by atoms with van der Waals surface area (Å²) in [6.45, 7) is 1.67. The number of ether oxygens (including phenoxy) is 1. The molecule has 1 aromatic rings. The molecular formula is C12H21N3O2. The highest BCUT2D eigenvalue weighted by molar-refractivity contribution is 5.17. The van der Waals surface area contributed by atoms with Gasteiger partial charge in [0, 0.05) is 26.2 Å². The highest BCUT2D eigenvalue weighted by Crippen LogP contribution is 2.37. The maximum Gasteiger partial charge on any atom is 0.112 e. The van der Waals surface area contributed by atoms with E-state index < -0.39 is 0 Å². The van der Waals surface area contributed by atoms with Crippen LogP contribution in [-0.2, 0) is 17.9 Å². The van der Waals surface area contributed by atoms with Crippen molar-refractivity contribution in [3.8, 4) is 0 Å². The summed E-state index contributed by atoms with van der Waals surface area (Å²) in [6, 6.07) is 0. The van der Waals surface area contributed by atoms with E-state index in [1.165, 1.54) is 19.3 Å². The van der Waals surface area contributed by atoms with E-state index in [1.807, 2.05) is 4.68 Å². The number of aromatic nitrogens is 3. The third-order valence-corrected chi connectivity index (χ3v) is 3.46. The standard InChI is InChI=1S/C12H21N3O2/c1-17-8-3-2-7-15-12(10-5-4-6-10)11(9-16)13-14-15/h10,16H,2-9H2,1H3. The number of aliphatic hydroxyl groups excluding tert-OH is 1. The van der Waals surface area contributed by atoms with Gasteiger partial charge in [0.1, 0.15) is 5.69 Å². The molecule has 0 aliphatic heterocycles. The van der Waals surface area contributed by atoms with Gasteiger partial charge >= 0.3 is 0 Å². The predicted molar refractivity (Wildman–Crippen MR) is 63.6 cm³/mol. The Labute approximate surface area is 102 Å². The molecule has 1 N–H and O–H groups in total. The number of methoxy groups -OCH3 is 1. The van der Waals surface area contributed by atoms with Crippen LogP contribution >= 0.6 is 0 Å². The molecule has 0 saturated heterocycles. The number of rotatable bonds is 7. The number of aryl methyl sites for hydroxylation is 1. The molecule has 1 fully saturated rings. The van der Waals surface area contributed by atoms with Crippen LogP contribution in [0.1, 0.15) is 49.4 Å². The minimum Gasteiger partial charge on any atom is -0.390 e. The van der Waals surface area contributed by atoms with Gasteiger partial charge in [0.05, 0.1) is 12.3 Å². The van der Waals surface area contributed by atoms with Crippen LogP contribution in [0.5, 0.6) is 0 Å². The average Bonchev–Trinajstić information content (AvgIpc) is 2.66. The smallest absolute Gasteiger partial charge is 0.112 e. The molecule has 0 aromatic carbocycles. The molecule has 0 spiro atoms. The third-order valence-electron chi connectivity index (χ3n) is 3.46. The van der Waals surface area contributed by atoms with Gasteiger partial charge < -0.3 is 9.84 Å². The number of nitrogens with zero attached hydrogens (tertiary/aromatic N) is 3. The third kappa shape index (κ3) is 2.84. The zero-order valence-corrected chi connectivity index (χ0v) is 10.4. The SMILES string of the molecule is COCCCCn1nnc(CO)c1C1CCC1. The Bertz CT molecular complexity index is 348. The van der Waals surface area contributed by atoms with Gasteiger partial charge in [-0.05, 0) is 25.7 Å². The van der Waals surface area contributed by atoms with Crippen molar-refractivity contribution < 1.29 is 9.84 Å². The summed E-state index contributed by atoms with van der Waals surface area (Å²) in [4.78, 5) is 0. The summed E-state index contributed by atoms with van der Waals surface area (Å²) in [6.07, 6.45) is 5.78. The molecule has 0 bridgehead atoms. The van der Waals surface area contributed by atoms with Gasteiger partial charge in [-0.3, -0.25) is 0 Å². The lowest BCUT2D eigenvalue weighted by Gasteiger charge is -2.26. The average molecular weight is 239 g/mol. The zero-order chi connectivity index (χ0) is 12.1. The topological polar surface area (TPSA) is 60.2 Å². The summed E-state index contributed by atoms with van der Waals surface area (Å²) in [5.41, 5.74) is 1.93. The molecule has 1 heterocycles. The first-order chi connectivity index (χ1) is 8.36. The lowest BCUT2D eigenvalue weighted by Crippen LogP contribution is -2.17. The molecule has 17 heavy (non-hydrogen) atoms. The van der Waals surface area contributed by atoms with Gasteiger partial charge in [-0.15, -0.1) is 5.10 Å². The lowest BCUT2D eigenvalue weighted by atomic mass is 9.82. The Balaban J connectivity index is 1.97. The first kappa shape index (κ1) is 12.5. The maximum absolute atomic E-state index is 9.27. The molecule has 0 radical (unpaired) electrons. The molecule has 1 aliphatic rings. The van der Waals surface area contributed by atoms with Crippen LogP contribution in [0.15, 0.2) is 0 Å². The van der Waals surface area contributed by atoms with Crippen molar-refractivity contribution in [3.05, 3.63) is 11.4 Å². The number of aliphatic hydroxyl groups is 1. The number of unbranched alkanes of at least 4 members (excludes halogenated alkanes) is 1. The van der Waals surface area contributed by atoms with Crippen LogP contribution in [0.2, 0.25) is 0 Å². The number of hydrogen-bond acceptors (Lipinski definition) is 4. The molecule has 5 heteroatoms. The molecule has 0 amide bonds. The fraction of sp³-hybridized carbons (Fsp3) is 0.833. The summed E-state index contributed by atoms with van der Waals surface area (Å²) in [7, 11) is 1.72. The van der Waals surface area contributed by atoms with Crippen molar-refractivity contribution in [1.82, 2.24) is 15.0 Å². The van der Waals surface area contributed by atoms with E-state index in [0.29, 0.717) is 5.92 Å². The fourth-order valence-electron chi connectivity index (χ4n) is 2.27. The van der Waals surface area contributed by atoms with Gasteiger partial charge in [-0.25, -0.2) is 4.68 Å². The van der Waals surface area contributed by atoms with Crippen LogP contribution in [0, 0.1) is 0 Å². The highest BCUT2D eigenvalue weighted by Gasteiger charge is 2.27. The van der Waals surface area contributed by atoms with Crippen molar-refractivity contribution >= 4 is 0 Å². The van der Waals surface area contributed by atoms with Crippen LogP contribution in [0.4, 0.5) is 0 Å². The van der Waals surface area contributed by atoms with Crippen molar-refractivity contribution in [2.24, 2.45) is 0 Å². The van der Waals surface area contributed by atoms with Crippen LogP contribution in [0.3, 0.4) is 0 Å². The summed E-state index contributed by atoms with van der Waals surface area (Å²) in [5.74, 6) is 0.564. The molecule has 5 nitrogen and oxygen atoms in total. The van der Waals surface area contributed by atoms with Gasteiger partial charge in [-0.1, -0.05) is 11.6 Å². The van der Waals surface area contributed by atoms with Gasteiger partial charge in [0.25, 0.3) is 0 Å². The largest absolute Gasteiger partial charge is 0.390 e. The molecule has 0 unspecified atom stereocenters. The van der Waals surface area contributed by atoms with E-state index in [0.717, 1.165) is 37.4 Å². The molecule has 1 aliphatic carbocycles. The Morgan fingerprint density at radius 3 is 2.82 bits per heavy atom. The summed E-state index contributed by atoms with van der Waals surface area (Å²) < 4.78 is 7.01. The Morgan fingerprint density at radius 1 is 1.41 bits per heavy atom. The van der Waals surface area contributed by atoms with Crippen LogP contribution in [0.25, 0.3) is 0 Å². The van der Waals surface area contributed by atoms with Crippen molar-refractivity contribution in [2.75, 3.05) is 13.7 Å². The quantitative estimate of drug-likeness (QED) is 0.732. The van der Waals surface area contributed by atoms with E-state index >= 15 is 0 Å². The van der Waals surface area contributed by atoms with E-state index in [9.17, 15) is 5.11 Å². The van der Waals surface area contributed by atoms with Gasteiger partial charge in [0.2, 0.25) is 0 Å². The Hall–Kier alpha value is -0.940. The molecule has 2 rings (SSSR count). The Kier molecular flexibility index (Phi) is 4.50. The molecule has 96 valence electrons. The number of hydrogen-bond donors (Lipinski definition) is 1. The molecular weight excluding hydrogens is 218 g/mol. The maximum atomic E-state index is 9.27. The van der Waals surface area contributed by atoms with E-state index in [1.54, 1.807) is 7.11 Å². The second-order valence-electron chi connectivity index (χ2n) is 4.63. The first-order valence-corrected chi connectivity index (χ1v) is 6.39. The van der Waals surface area contributed by atoms with Crippen molar-refractivity contribution in [1.29, 1.82) is 0 Å². The predicted octanol–water partition coefficient (Wildman–Crippen LogP) is 1.46. The monoisotopic (exact) mass is 239 g/mol. The van der Waals surface area contributed by atoms with Gasteiger partial charge in [-0.2, -0.15) is 0 Å². The Morgan fingerprint density at radius 2 is 2.24 bits per heavy atom. The zero-order valence-electron chi connectivity index (χ0n) is 10.4. The molecule has 1 saturated carbocycles. The van der Waals surface area contributed by atoms with Crippen molar-refractivity contribution in [2.45, 2.75) is 51.2 Å². The van der Waals surface area contributed by atoms with Crippen molar-refractivity contribution in [3.63, 3.8) is 0 Å². The second kappa shape index (κ2) is 6.12. The second-order valence-corrected chi connectivity index (χ2v) is 4.63. The normalized spacial score (nSPS) is 16.1. The van der Waals surface area contributed by atoms with E-state index in [2.05, 4.69) is 10.3 Å². The minimum absolute atomic E-state index is 0.00387. The minimum atomic E-state index is 0.00387. The highest BCUT2D eigenvalue weighted by atomic mass is 16.5. The van der Waals surface area contributed by atoms with Crippen LogP contribution in [-0.4, -0.2) is 33.8 Å². The van der Waals surface area contributed by atoms with Crippen LogP contribution < -0.4 is 0 Å². The fourth-order valence-corrected chi connectivity index (χ4v) is 2.27. The first-order valence-electron chi connectivity index (χ1n) is 6.39. The summed E-state index contributed by atoms with van der Waals surface area (Å²) >= 11 is 0. The van der Waals surface area contributed by atoms with E-state index in [-0.39, 0.29) is 6.61 Å².